The van der Waals surface area contributed by atoms with Crippen molar-refractivity contribution < 1.29 is 9.90 Å². The van der Waals surface area contributed by atoms with E-state index in [1.54, 1.807) is 0 Å². The average molecular weight is 167 g/mol. The molecule has 64 valence electrons. The molecular weight excluding hydrogens is 158 g/mol. The summed E-state index contributed by atoms with van der Waals surface area (Å²) in [6.07, 6.45) is 1.44. The molecule has 12 heavy (non-hydrogen) atoms. The molecule has 0 fully saturated rings. The fourth-order valence-corrected chi connectivity index (χ4v) is 0.899. The fourth-order valence-electron chi connectivity index (χ4n) is 0.899. The molecular formula is C8H9NO3. The normalized spacial score (nSPS) is 9.83. The molecule has 0 radical (unpaired) electrons. The summed E-state index contributed by atoms with van der Waals surface area (Å²) in [5, 5.41) is 9.19. The number of aromatic hydroxyl groups is 1. The van der Waals surface area contributed by atoms with Crippen LogP contribution in [0.25, 0.3) is 0 Å². The van der Waals surface area contributed by atoms with Crippen LogP contribution in [0.3, 0.4) is 0 Å². The van der Waals surface area contributed by atoms with Gasteiger partial charge in [0.05, 0.1) is 5.56 Å². The Balaban J connectivity index is 3.47. The second-order valence-corrected chi connectivity index (χ2v) is 2.55. The monoisotopic (exact) mass is 167 g/mol. The van der Waals surface area contributed by atoms with Gasteiger partial charge in [-0.3, -0.25) is 9.59 Å². The second kappa shape index (κ2) is 2.81. The molecule has 4 nitrogen and oxygen atoms in total. The predicted octanol–water partition coefficient (Wildman–Crippen LogP) is 0.293. The Morgan fingerprint density at radius 3 is 2.67 bits per heavy atom. The maximum absolute atomic E-state index is 11.1. The van der Waals surface area contributed by atoms with Gasteiger partial charge < -0.3 is 9.67 Å². The van der Waals surface area contributed by atoms with E-state index in [1.165, 1.54) is 30.8 Å². The summed E-state index contributed by atoms with van der Waals surface area (Å²) in [6.45, 7) is 1.30. The van der Waals surface area contributed by atoms with Crippen LogP contribution in [0, 0.1) is 0 Å². The highest BCUT2D eigenvalue weighted by Crippen LogP contribution is 2.09. The Hall–Kier alpha value is -1.58. The summed E-state index contributed by atoms with van der Waals surface area (Å²) in [5.74, 6) is -0.794. The van der Waals surface area contributed by atoms with Gasteiger partial charge in [-0.05, 0) is 13.0 Å². The van der Waals surface area contributed by atoms with E-state index in [1.807, 2.05) is 0 Å². The topological polar surface area (TPSA) is 59.3 Å². The number of hydrogen-bond acceptors (Lipinski definition) is 3. The van der Waals surface area contributed by atoms with Crippen LogP contribution in [0.15, 0.2) is 17.1 Å². The van der Waals surface area contributed by atoms with E-state index in [0.717, 1.165) is 0 Å². The SMILES string of the molecule is CC(=O)c1ccn(C)c(=O)c1O. The number of Topliss-reactive ketones (excluding diaryl/α,β-unsaturated/α-hetero) is 1. The molecule has 0 aliphatic carbocycles. The number of aromatic nitrogens is 1. The van der Waals surface area contributed by atoms with Crippen LogP contribution in [0.2, 0.25) is 0 Å². The molecule has 0 unspecified atom stereocenters. The summed E-state index contributed by atoms with van der Waals surface area (Å²) in [6, 6.07) is 1.42. The molecule has 0 spiro atoms. The molecule has 0 aromatic carbocycles. The molecule has 1 N–H and O–H groups in total. The molecule has 0 bridgehead atoms. The number of carbonyl (C=O) groups excluding carboxylic acids is 1. The van der Waals surface area contributed by atoms with Crippen molar-refractivity contribution in [1.29, 1.82) is 0 Å². The molecule has 4 heteroatoms. The minimum absolute atomic E-state index is 0.0677. The van der Waals surface area contributed by atoms with Crippen LogP contribution in [0.4, 0.5) is 0 Å². The van der Waals surface area contributed by atoms with Crippen molar-refractivity contribution in [3.05, 3.63) is 28.2 Å². The molecule has 1 rings (SSSR count). The van der Waals surface area contributed by atoms with Gasteiger partial charge in [0.2, 0.25) is 0 Å². The van der Waals surface area contributed by atoms with Crippen molar-refractivity contribution in [3.8, 4) is 5.75 Å². The van der Waals surface area contributed by atoms with Gasteiger partial charge in [0, 0.05) is 13.2 Å². The van der Waals surface area contributed by atoms with Crippen LogP contribution in [0.5, 0.6) is 5.75 Å². The van der Waals surface area contributed by atoms with Gasteiger partial charge in [-0.25, -0.2) is 0 Å². The number of hydrogen-bond donors (Lipinski definition) is 1. The summed E-state index contributed by atoms with van der Waals surface area (Å²) in [5.41, 5.74) is -0.485. The van der Waals surface area contributed by atoms with Gasteiger partial charge in [0.25, 0.3) is 5.56 Å². The smallest absolute Gasteiger partial charge is 0.293 e. The van der Waals surface area contributed by atoms with E-state index in [9.17, 15) is 14.7 Å². The summed E-state index contributed by atoms with van der Waals surface area (Å²) < 4.78 is 1.21. The number of nitrogens with zero attached hydrogens (tertiary/aromatic N) is 1. The van der Waals surface area contributed by atoms with E-state index in [0.29, 0.717) is 0 Å². The highest BCUT2D eigenvalue weighted by atomic mass is 16.3. The highest BCUT2D eigenvalue weighted by molar-refractivity contribution is 5.96. The van der Waals surface area contributed by atoms with E-state index in [-0.39, 0.29) is 11.3 Å². The van der Waals surface area contributed by atoms with E-state index in [4.69, 9.17) is 0 Å². The van der Waals surface area contributed by atoms with Crippen LogP contribution >= 0.6 is 0 Å². The van der Waals surface area contributed by atoms with Crippen molar-refractivity contribution in [3.63, 3.8) is 0 Å². The lowest BCUT2D eigenvalue weighted by Gasteiger charge is -2.01. The third-order valence-electron chi connectivity index (χ3n) is 1.62. The van der Waals surface area contributed by atoms with Crippen LogP contribution in [0.1, 0.15) is 17.3 Å². The van der Waals surface area contributed by atoms with Gasteiger partial charge in [0.15, 0.2) is 11.5 Å². The minimum atomic E-state index is -0.553. The Bertz CT molecular complexity index is 378. The fraction of sp³-hybridized carbons (Fsp3) is 0.250. The van der Waals surface area contributed by atoms with Gasteiger partial charge in [-0.2, -0.15) is 0 Å². The third-order valence-corrected chi connectivity index (χ3v) is 1.62. The number of ketones is 1. The molecule has 0 aliphatic heterocycles. The summed E-state index contributed by atoms with van der Waals surface area (Å²) in [4.78, 5) is 21.9. The first kappa shape index (κ1) is 8.52. The van der Waals surface area contributed by atoms with Crippen molar-refractivity contribution in [2.24, 2.45) is 7.05 Å². The van der Waals surface area contributed by atoms with Gasteiger partial charge >= 0.3 is 0 Å². The Morgan fingerprint density at radius 2 is 2.17 bits per heavy atom. The van der Waals surface area contributed by atoms with Crippen LogP contribution in [-0.4, -0.2) is 15.5 Å². The zero-order valence-electron chi connectivity index (χ0n) is 6.87. The predicted molar refractivity (Wildman–Crippen MR) is 43.4 cm³/mol. The molecule has 0 atom stereocenters. The Morgan fingerprint density at radius 1 is 1.58 bits per heavy atom. The quantitative estimate of drug-likeness (QED) is 0.612. The largest absolute Gasteiger partial charge is 0.503 e. The average Bonchev–Trinajstić information content (AvgIpc) is 2.00. The van der Waals surface area contributed by atoms with E-state index >= 15 is 0 Å². The van der Waals surface area contributed by atoms with E-state index < -0.39 is 11.3 Å². The van der Waals surface area contributed by atoms with Crippen molar-refractivity contribution in [2.45, 2.75) is 6.92 Å². The Labute approximate surface area is 69.1 Å². The molecule has 0 saturated heterocycles. The van der Waals surface area contributed by atoms with Gasteiger partial charge in [0.1, 0.15) is 0 Å². The molecule has 1 heterocycles. The number of aryl methyl sites for hydroxylation is 1. The number of pyridine rings is 1. The lowest BCUT2D eigenvalue weighted by atomic mass is 10.2. The zero-order valence-corrected chi connectivity index (χ0v) is 6.87. The highest BCUT2D eigenvalue weighted by Gasteiger charge is 2.09. The maximum atomic E-state index is 11.1. The molecule has 1 aromatic rings. The molecule has 0 saturated carbocycles. The van der Waals surface area contributed by atoms with Crippen LogP contribution < -0.4 is 5.56 Å². The maximum Gasteiger partial charge on any atom is 0.293 e. The first-order chi connectivity index (χ1) is 5.54. The molecule has 0 amide bonds. The third kappa shape index (κ3) is 1.23. The van der Waals surface area contributed by atoms with Crippen LogP contribution in [-0.2, 0) is 7.05 Å². The van der Waals surface area contributed by atoms with E-state index in [2.05, 4.69) is 0 Å². The number of carbonyl (C=O) groups is 1. The standard InChI is InChI=1S/C8H9NO3/c1-5(10)6-3-4-9(2)8(12)7(6)11/h3-4,11H,1-2H3. The minimum Gasteiger partial charge on any atom is -0.503 e. The van der Waals surface area contributed by atoms with Crippen molar-refractivity contribution in [1.82, 2.24) is 4.57 Å². The first-order valence-electron chi connectivity index (χ1n) is 3.43. The second-order valence-electron chi connectivity index (χ2n) is 2.55. The molecule has 0 aliphatic rings. The lowest BCUT2D eigenvalue weighted by Crippen LogP contribution is -2.17. The Kier molecular flexibility index (Phi) is 1.99. The lowest BCUT2D eigenvalue weighted by molar-refractivity contribution is 0.101. The van der Waals surface area contributed by atoms with Crippen molar-refractivity contribution in [2.75, 3.05) is 0 Å². The zero-order chi connectivity index (χ0) is 9.30. The molecule has 1 aromatic heterocycles. The first-order valence-corrected chi connectivity index (χ1v) is 3.43. The van der Waals surface area contributed by atoms with Gasteiger partial charge in [-0.1, -0.05) is 0 Å². The number of rotatable bonds is 1. The van der Waals surface area contributed by atoms with Crippen molar-refractivity contribution >= 4 is 5.78 Å². The summed E-state index contributed by atoms with van der Waals surface area (Å²) >= 11 is 0. The summed E-state index contributed by atoms with van der Waals surface area (Å²) in [7, 11) is 1.51. The van der Waals surface area contributed by atoms with Gasteiger partial charge in [-0.15, -0.1) is 0 Å².